The zero-order chi connectivity index (χ0) is 14.2. The lowest BCUT2D eigenvalue weighted by Gasteiger charge is -2.02. The van der Waals surface area contributed by atoms with Gasteiger partial charge >= 0.3 is 0 Å². The Labute approximate surface area is 119 Å². The number of hydrogen-bond donors (Lipinski definition) is 0. The molecule has 0 aromatic heterocycles. The standard InChI is InChI=1S/C18H18O2/c1-15-7-5-11-17(13-15)18(19)14-20-12-6-10-16-8-3-2-4-9-16/h2-11,13H,12,14H2,1H3. The van der Waals surface area contributed by atoms with Crippen molar-refractivity contribution in [3.05, 3.63) is 77.4 Å². The Balaban J connectivity index is 1.76. The molecule has 2 rings (SSSR count). The van der Waals surface area contributed by atoms with Crippen LogP contribution in [0.2, 0.25) is 0 Å². The van der Waals surface area contributed by atoms with Crippen LogP contribution in [0.1, 0.15) is 21.5 Å². The van der Waals surface area contributed by atoms with Gasteiger partial charge < -0.3 is 4.74 Å². The van der Waals surface area contributed by atoms with E-state index < -0.39 is 0 Å². The van der Waals surface area contributed by atoms with Gasteiger partial charge in [0.05, 0.1) is 6.61 Å². The monoisotopic (exact) mass is 266 g/mol. The highest BCUT2D eigenvalue weighted by Gasteiger charge is 2.04. The molecule has 2 aromatic rings. The molecule has 0 unspecified atom stereocenters. The third-order valence-corrected chi connectivity index (χ3v) is 2.90. The topological polar surface area (TPSA) is 26.3 Å². The maximum atomic E-state index is 11.9. The summed E-state index contributed by atoms with van der Waals surface area (Å²) in [6.45, 7) is 2.52. The lowest BCUT2D eigenvalue weighted by Crippen LogP contribution is -2.09. The third-order valence-electron chi connectivity index (χ3n) is 2.90. The zero-order valence-electron chi connectivity index (χ0n) is 11.6. The van der Waals surface area contributed by atoms with Crippen LogP contribution in [0.25, 0.3) is 6.08 Å². The Bertz CT molecular complexity index is 585. The Morgan fingerprint density at radius 2 is 1.90 bits per heavy atom. The number of hydrogen-bond acceptors (Lipinski definition) is 2. The van der Waals surface area contributed by atoms with Crippen LogP contribution in [0.4, 0.5) is 0 Å². The maximum Gasteiger partial charge on any atom is 0.188 e. The van der Waals surface area contributed by atoms with E-state index >= 15 is 0 Å². The fraction of sp³-hybridized carbons (Fsp3) is 0.167. The van der Waals surface area contributed by atoms with Gasteiger partial charge in [-0.25, -0.2) is 0 Å². The molecular weight excluding hydrogens is 248 g/mol. The summed E-state index contributed by atoms with van der Waals surface area (Å²) in [6.07, 6.45) is 3.90. The summed E-state index contributed by atoms with van der Waals surface area (Å²) in [5.74, 6) is 0.0156. The lowest BCUT2D eigenvalue weighted by atomic mass is 10.1. The lowest BCUT2D eigenvalue weighted by molar-refractivity contribution is 0.0806. The smallest absolute Gasteiger partial charge is 0.188 e. The molecule has 0 heterocycles. The molecule has 0 saturated heterocycles. The number of ketones is 1. The second kappa shape index (κ2) is 7.41. The highest BCUT2D eigenvalue weighted by Crippen LogP contribution is 2.05. The van der Waals surface area contributed by atoms with E-state index in [1.165, 1.54) is 0 Å². The van der Waals surface area contributed by atoms with Crippen molar-refractivity contribution in [1.82, 2.24) is 0 Å². The molecule has 2 aromatic carbocycles. The number of carbonyl (C=O) groups excluding carboxylic acids is 1. The van der Waals surface area contributed by atoms with Crippen LogP contribution in [-0.2, 0) is 4.74 Å². The Morgan fingerprint density at radius 1 is 1.10 bits per heavy atom. The van der Waals surface area contributed by atoms with Gasteiger partial charge in [-0.1, -0.05) is 66.2 Å². The van der Waals surface area contributed by atoms with Crippen LogP contribution < -0.4 is 0 Å². The molecule has 0 spiro atoms. The van der Waals surface area contributed by atoms with Crippen molar-refractivity contribution in [2.45, 2.75) is 6.92 Å². The number of ether oxygens (including phenoxy) is 1. The minimum atomic E-state index is 0.0156. The van der Waals surface area contributed by atoms with E-state index in [-0.39, 0.29) is 12.4 Å². The Kier molecular flexibility index (Phi) is 5.27. The predicted molar refractivity (Wildman–Crippen MR) is 81.8 cm³/mol. The molecule has 0 N–H and O–H groups in total. The molecule has 0 aliphatic rings. The number of aryl methyl sites for hydroxylation is 1. The van der Waals surface area contributed by atoms with Crippen molar-refractivity contribution in [2.75, 3.05) is 13.2 Å². The summed E-state index contributed by atoms with van der Waals surface area (Å²) in [4.78, 5) is 11.9. The summed E-state index contributed by atoms with van der Waals surface area (Å²) in [7, 11) is 0. The van der Waals surface area contributed by atoms with E-state index in [1.807, 2.05) is 73.7 Å². The molecule has 2 heteroatoms. The van der Waals surface area contributed by atoms with Gasteiger partial charge in [0.15, 0.2) is 5.78 Å². The number of carbonyl (C=O) groups is 1. The minimum Gasteiger partial charge on any atom is -0.369 e. The molecule has 0 amide bonds. The quantitative estimate of drug-likeness (QED) is 0.585. The van der Waals surface area contributed by atoms with E-state index in [0.717, 1.165) is 11.1 Å². The molecule has 0 atom stereocenters. The molecule has 102 valence electrons. The summed E-state index contributed by atoms with van der Waals surface area (Å²) >= 11 is 0. The maximum absolute atomic E-state index is 11.9. The van der Waals surface area contributed by atoms with Crippen molar-refractivity contribution in [3.8, 4) is 0 Å². The van der Waals surface area contributed by atoms with Crippen molar-refractivity contribution in [1.29, 1.82) is 0 Å². The molecule has 0 saturated carbocycles. The summed E-state index contributed by atoms with van der Waals surface area (Å²) in [5.41, 5.74) is 2.91. The van der Waals surface area contributed by atoms with E-state index in [2.05, 4.69) is 0 Å². The minimum absolute atomic E-state index is 0.0156. The van der Waals surface area contributed by atoms with Crippen molar-refractivity contribution in [3.63, 3.8) is 0 Å². The first-order valence-corrected chi connectivity index (χ1v) is 6.65. The van der Waals surface area contributed by atoms with Crippen molar-refractivity contribution < 1.29 is 9.53 Å². The van der Waals surface area contributed by atoms with Crippen molar-refractivity contribution in [2.24, 2.45) is 0 Å². The first kappa shape index (κ1) is 14.2. The first-order valence-electron chi connectivity index (χ1n) is 6.65. The van der Waals surface area contributed by atoms with Crippen molar-refractivity contribution >= 4 is 11.9 Å². The first-order chi connectivity index (χ1) is 9.75. The van der Waals surface area contributed by atoms with Crippen LogP contribution in [0, 0.1) is 6.92 Å². The van der Waals surface area contributed by atoms with E-state index in [1.54, 1.807) is 0 Å². The largest absolute Gasteiger partial charge is 0.369 e. The third kappa shape index (κ3) is 4.48. The van der Waals surface area contributed by atoms with Crippen LogP contribution in [0.15, 0.2) is 60.7 Å². The average Bonchev–Trinajstić information content (AvgIpc) is 2.48. The van der Waals surface area contributed by atoms with Gasteiger partial charge in [0.2, 0.25) is 0 Å². The highest BCUT2D eigenvalue weighted by molar-refractivity contribution is 5.97. The van der Waals surface area contributed by atoms with Crippen LogP contribution in [-0.4, -0.2) is 19.0 Å². The molecular formula is C18H18O2. The Hall–Kier alpha value is -2.19. The molecule has 0 aliphatic carbocycles. The van der Waals surface area contributed by atoms with Gasteiger partial charge in [0, 0.05) is 5.56 Å². The molecule has 0 aliphatic heterocycles. The molecule has 2 nitrogen and oxygen atoms in total. The fourth-order valence-corrected chi connectivity index (χ4v) is 1.87. The van der Waals surface area contributed by atoms with Gasteiger partial charge in [-0.05, 0) is 18.6 Å². The summed E-state index contributed by atoms with van der Waals surface area (Å²) in [5, 5.41) is 0. The van der Waals surface area contributed by atoms with Gasteiger partial charge in [-0.3, -0.25) is 4.79 Å². The zero-order valence-corrected chi connectivity index (χ0v) is 11.6. The van der Waals surface area contributed by atoms with E-state index in [0.29, 0.717) is 12.2 Å². The van der Waals surface area contributed by atoms with Gasteiger partial charge in [0.25, 0.3) is 0 Å². The van der Waals surface area contributed by atoms with Gasteiger partial charge in [0.1, 0.15) is 6.61 Å². The van der Waals surface area contributed by atoms with Crippen LogP contribution in [0.5, 0.6) is 0 Å². The molecule has 0 fully saturated rings. The molecule has 20 heavy (non-hydrogen) atoms. The normalized spacial score (nSPS) is 10.8. The van der Waals surface area contributed by atoms with Crippen LogP contribution >= 0.6 is 0 Å². The second-order valence-corrected chi connectivity index (χ2v) is 4.62. The van der Waals surface area contributed by atoms with Gasteiger partial charge in [-0.2, -0.15) is 0 Å². The van der Waals surface area contributed by atoms with Gasteiger partial charge in [-0.15, -0.1) is 0 Å². The van der Waals surface area contributed by atoms with Crippen LogP contribution in [0.3, 0.4) is 0 Å². The number of Topliss-reactive ketones (excluding diaryl/α,β-unsaturated/α-hetero) is 1. The number of benzene rings is 2. The summed E-state index contributed by atoms with van der Waals surface area (Å²) < 4.78 is 5.38. The average molecular weight is 266 g/mol. The molecule has 0 radical (unpaired) electrons. The predicted octanol–water partition coefficient (Wildman–Crippen LogP) is 3.91. The fourth-order valence-electron chi connectivity index (χ4n) is 1.87. The summed E-state index contributed by atoms with van der Waals surface area (Å²) in [6, 6.07) is 17.6. The number of rotatable bonds is 6. The second-order valence-electron chi connectivity index (χ2n) is 4.62. The SMILES string of the molecule is Cc1cccc(C(=O)COCC=Cc2ccccc2)c1. The van der Waals surface area contributed by atoms with E-state index in [4.69, 9.17) is 4.74 Å². The van der Waals surface area contributed by atoms with E-state index in [9.17, 15) is 4.79 Å². The Morgan fingerprint density at radius 3 is 2.65 bits per heavy atom. The molecule has 0 bridgehead atoms. The highest BCUT2D eigenvalue weighted by atomic mass is 16.5.